The Morgan fingerprint density at radius 3 is 2.63 bits per heavy atom. The molecule has 1 unspecified atom stereocenters. The van der Waals surface area contributed by atoms with Crippen LogP contribution < -0.4 is 10.6 Å². The van der Waals surface area contributed by atoms with Gasteiger partial charge in [0.2, 0.25) is 0 Å². The number of aliphatic imine (C=N–C) groups is 1. The first-order valence-electron chi connectivity index (χ1n) is 10.6. The highest BCUT2D eigenvalue weighted by molar-refractivity contribution is 7.12. The first-order valence-corrected chi connectivity index (χ1v) is 12.3. The van der Waals surface area contributed by atoms with E-state index in [0.717, 1.165) is 51.8 Å². The van der Waals surface area contributed by atoms with Crippen molar-refractivity contribution in [2.75, 3.05) is 46.4 Å². The molecule has 30 heavy (non-hydrogen) atoms. The van der Waals surface area contributed by atoms with Crippen LogP contribution in [0.4, 0.5) is 0 Å². The van der Waals surface area contributed by atoms with Crippen LogP contribution in [0, 0.1) is 6.92 Å². The molecule has 0 bridgehead atoms. The molecule has 1 saturated heterocycles. The summed E-state index contributed by atoms with van der Waals surface area (Å²) in [7, 11) is 1.83. The number of morpholine rings is 1. The van der Waals surface area contributed by atoms with E-state index < -0.39 is 0 Å². The van der Waals surface area contributed by atoms with Crippen LogP contribution in [-0.2, 0) is 16.6 Å². The lowest BCUT2D eigenvalue weighted by molar-refractivity contribution is 0.0177. The maximum Gasteiger partial charge on any atom is 0.191 e. The summed E-state index contributed by atoms with van der Waals surface area (Å²) in [6.07, 6.45) is 0.901. The molecule has 6 nitrogen and oxygen atoms in total. The minimum atomic E-state index is 0.106. The van der Waals surface area contributed by atoms with Gasteiger partial charge in [-0.2, -0.15) is 0 Å². The van der Waals surface area contributed by atoms with E-state index in [4.69, 9.17) is 9.72 Å². The fraction of sp³-hybridized carbons (Fsp3) is 0.636. The van der Waals surface area contributed by atoms with Crippen molar-refractivity contribution in [1.29, 1.82) is 0 Å². The van der Waals surface area contributed by atoms with Gasteiger partial charge in [-0.3, -0.25) is 9.89 Å². The predicted octanol–water partition coefficient (Wildman–Crippen LogP) is 3.59. The third kappa shape index (κ3) is 6.51. The normalized spacial score (nSPS) is 17.2. The zero-order valence-corrected chi connectivity index (χ0v) is 20.5. The summed E-state index contributed by atoms with van der Waals surface area (Å²) in [4.78, 5) is 14.5. The Hall–Kier alpha value is -1.48. The van der Waals surface area contributed by atoms with Crippen molar-refractivity contribution >= 4 is 28.6 Å². The van der Waals surface area contributed by atoms with E-state index in [0.29, 0.717) is 6.04 Å². The number of ether oxygens (including phenoxy) is 1. The molecule has 2 aromatic heterocycles. The number of hydrogen-bond donors (Lipinski definition) is 2. The topological polar surface area (TPSA) is 61.8 Å². The first-order chi connectivity index (χ1) is 14.4. The van der Waals surface area contributed by atoms with Crippen molar-refractivity contribution in [2.24, 2.45) is 4.99 Å². The summed E-state index contributed by atoms with van der Waals surface area (Å²) in [6, 6.07) is 4.80. The molecular formula is C22H35N5OS2. The molecule has 0 aromatic carbocycles. The fourth-order valence-corrected chi connectivity index (χ4v) is 5.44. The number of aromatic nitrogens is 1. The van der Waals surface area contributed by atoms with Crippen LogP contribution in [0.3, 0.4) is 0 Å². The Kier molecular flexibility index (Phi) is 8.27. The average molecular weight is 450 g/mol. The van der Waals surface area contributed by atoms with Gasteiger partial charge in [-0.05, 0) is 19.1 Å². The third-order valence-electron chi connectivity index (χ3n) is 5.21. The van der Waals surface area contributed by atoms with Crippen LogP contribution in [0.15, 0.2) is 22.5 Å². The second kappa shape index (κ2) is 10.7. The lowest BCUT2D eigenvalue weighted by Gasteiger charge is -2.34. The van der Waals surface area contributed by atoms with Crippen molar-refractivity contribution < 1.29 is 4.74 Å². The second-order valence-corrected chi connectivity index (χ2v) is 10.9. The number of hydrogen-bond acceptors (Lipinski definition) is 6. The van der Waals surface area contributed by atoms with Gasteiger partial charge in [0.05, 0.1) is 30.0 Å². The van der Waals surface area contributed by atoms with Crippen LogP contribution in [0.2, 0.25) is 0 Å². The van der Waals surface area contributed by atoms with Crippen LogP contribution in [0.1, 0.15) is 47.3 Å². The molecule has 166 valence electrons. The molecule has 2 N–H and O–H groups in total. The van der Waals surface area contributed by atoms with Crippen LogP contribution in [-0.4, -0.2) is 62.3 Å². The number of rotatable bonds is 7. The summed E-state index contributed by atoms with van der Waals surface area (Å²) in [5.41, 5.74) is 1.28. The molecule has 0 saturated carbocycles. The summed E-state index contributed by atoms with van der Waals surface area (Å²) >= 11 is 3.62. The molecule has 1 atom stereocenters. The maximum absolute atomic E-state index is 5.56. The Morgan fingerprint density at radius 1 is 1.27 bits per heavy atom. The van der Waals surface area contributed by atoms with Gasteiger partial charge in [0.25, 0.3) is 0 Å². The molecule has 0 aliphatic carbocycles. The molecule has 0 amide bonds. The fourth-order valence-electron chi connectivity index (χ4n) is 3.40. The van der Waals surface area contributed by atoms with Crippen molar-refractivity contribution in [3.8, 4) is 0 Å². The van der Waals surface area contributed by atoms with Gasteiger partial charge in [0, 0.05) is 60.2 Å². The van der Waals surface area contributed by atoms with E-state index in [1.165, 1.54) is 20.5 Å². The highest BCUT2D eigenvalue weighted by Crippen LogP contribution is 2.28. The number of thiazole rings is 1. The first kappa shape index (κ1) is 23.2. The lowest BCUT2D eigenvalue weighted by atomic mass is 9.93. The predicted molar refractivity (Wildman–Crippen MR) is 128 cm³/mol. The zero-order valence-electron chi connectivity index (χ0n) is 18.8. The zero-order chi connectivity index (χ0) is 21.6. The van der Waals surface area contributed by atoms with Crippen LogP contribution >= 0.6 is 22.7 Å². The third-order valence-corrected chi connectivity index (χ3v) is 7.22. The summed E-state index contributed by atoms with van der Waals surface area (Å²) in [5, 5.41) is 10.3. The molecule has 8 heteroatoms. The largest absolute Gasteiger partial charge is 0.379 e. The highest BCUT2D eigenvalue weighted by atomic mass is 32.1. The Balaban J connectivity index is 1.52. The Bertz CT molecular complexity index is 818. The van der Waals surface area contributed by atoms with Crippen LogP contribution in [0.5, 0.6) is 0 Å². The number of thiophene rings is 1. The molecular weight excluding hydrogens is 414 g/mol. The molecule has 3 heterocycles. The van der Waals surface area contributed by atoms with E-state index >= 15 is 0 Å². The van der Waals surface area contributed by atoms with Gasteiger partial charge in [0.15, 0.2) is 5.96 Å². The van der Waals surface area contributed by atoms with E-state index in [9.17, 15) is 0 Å². The number of nitrogens with one attached hydrogen (secondary N) is 2. The van der Waals surface area contributed by atoms with Gasteiger partial charge in [-0.25, -0.2) is 4.98 Å². The smallest absolute Gasteiger partial charge is 0.191 e. The van der Waals surface area contributed by atoms with Gasteiger partial charge in [-0.1, -0.05) is 20.8 Å². The standard InChI is InChI=1S/C22H35N5OS2/c1-16-6-7-18(30-16)17(27-10-12-28-13-11-27)14-25-21(23-5)24-9-8-20-26-19(15-29-20)22(2,3)4/h6-7,15,17H,8-14H2,1-5H3,(H2,23,24,25). The van der Waals surface area contributed by atoms with Gasteiger partial charge < -0.3 is 15.4 Å². The highest BCUT2D eigenvalue weighted by Gasteiger charge is 2.24. The monoisotopic (exact) mass is 449 g/mol. The Labute approximate surface area is 188 Å². The van der Waals surface area contributed by atoms with Crippen molar-refractivity contribution in [2.45, 2.75) is 45.6 Å². The van der Waals surface area contributed by atoms with E-state index in [1.54, 1.807) is 11.3 Å². The molecule has 1 aliphatic heterocycles. The number of nitrogens with zero attached hydrogens (tertiary/aromatic N) is 3. The van der Waals surface area contributed by atoms with Crippen LogP contribution in [0.25, 0.3) is 0 Å². The summed E-state index contributed by atoms with van der Waals surface area (Å²) in [6.45, 7) is 14.0. The number of guanidine groups is 1. The van der Waals surface area contributed by atoms with E-state index in [2.05, 4.69) is 65.7 Å². The van der Waals surface area contributed by atoms with Gasteiger partial charge >= 0.3 is 0 Å². The Morgan fingerprint density at radius 2 is 2.03 bits per heavy atom. The second-order valence-electron chi connectivity index (χ2n) is 8.62. The quantitative estimate of drug-likeness (QED) is 0.500. The van der Waals surface area contributed by atoms with Gasteiger partial charge in [0.1, 0.15) is 0 Å². The molecule has 2 aromatic rings. The SMILES string of the molecule is CN=C(NCCc1nc(C(C)(C)C)cs1)NCC(c1ccc(C)s1)N1CCOCC1. The van der Waals surface area contributed by atoms with Crippen molar-refractivity contribution in [1.82, 2.24) is 20.5 Å². The summed E-state index contributed by atoms with van der Waals surface area (Å²) in [5.74, 6) is 0.842. The molecule has 3 rings (SSSR count). The van der Waals surface area contributed by atoms with E-state index in [-0.39, 0.29) is 5.41 Å². The molecule has 0 spiro atoms. The minimum Gasteiger partial charge on any atom is -0.379 e. The lowest BCUT2D eigenvalue weighted by Crippen LogP contribution is -2.46. The maximum atomic E-state index is 5.56. The van der Waals surface area contributed by atoms with Gasteiger partial charge in [-0.15, -0.1) is 22.7 Å². The van der Waals surface area contributed by atoms with E-state index in [1.807, 2.05) is 18.4 Å². The molecule has 1 aliphatic rings. The number of aryl methyl sites for hydroxylation is 1. The minimum absolute atomic E-state index is 0.106. The average Bonchev–Trinajstić information content (AvgIpc) is 3.37. The van der Waals surface area contributed by atoms with Crippen molar-refractivity contribution in [3.05, 3.63) is 38.0 Å². The molecule has 0 radical (unpaired) electrons. The summed E-state index contributed by atoms with van der Waals surface area (Å²) < 4.78 is 5.56. The van der Waals surface area contributed by atoms with Crippen molar-refractivity contribution in [3.63, 3.8) is 0 Å². The molecule has 1 fully saturated rings.